The van der Waals surface area contributed by atoms with Crippen LogP contribution in [-0.4, -0.2) is 29.2 Å². The van der Waals surface area contributed by atoms with Crippen LogP contribution < -0.4 is 0 Å². The van der Waals surface area contributed by atoms with Gasteiger partial charge < -0.3 is 5.11 Å². The van der Waals surface area contributed by atoms with Crippen LogP contribution in [0.15, 0.2) is 24.3 Å². The van der Waals surface area contributed by atoms with Crippen LogP contribution in [0.1, 0.15) is 38.3 Å². The Labute approximate surface area is 111 Å². The van der Waals surface area contributed by atoms with Crippen LogP contribution in [0.4, 0.5) is 0 Å². The number of rotatable bonds is 4. The van der Waals surface area contributed by atoms with E-state index in [1.807, 2.05) is 12.1 Å². The fraction of sp³-hybridized carbons (Fsp3) is 0.500. The molecule has 1 aromatic carbocycles. The Morgan fingerprint density at radius 2 is 1.83 bits per heavy atom. The molecule has 1 N–H and O–H groups in total. The van der Waals surface area contributed by atoms with E-state index in [2.05, 4.69) is 56.7 Å². The number of hydrogen-bond donors (Lipinski definition) is 1. The van der Waals surface area contributed by atoms with E-state index < -0.39 is 0 Å². The van der Waals surface area contributed by atoms with E-state index in [0.29, 0.717) is 0 Å². The Morgan fingerprint density at radius 3 is 2.33 bits per heavy atom. The number of benzene rings is 1. The minimum Gasteiger partial charge on any atom is -0.384 e. The number of aliphatic hydroxyl groups excluding tert-OH is 1. The Bertz CT molecular complexity index is 423. The summed E-state index contributed by atoms with van der Waals surface area (Å²) in [4.78, 5) is 2.36. The molecule has 0 aromatic heterocycles. The first-order valence-electron chi connectivity index (χ1n) is 6.39. The van der Waals surface area contributed by atoms with E-state index >= 15 is 0 Å². The van der Waals surface area contributed by atoms with E-state index in [-0.39, 0.29) is 12.1 Å². The van der Waals surface area contributed by atoms with Gasteiger partial charge in [0.2, 0.25) is 0 Å². The maximum Gasteiger partial charge on any atom is 0.104 e. The first-order valence-corrected chi connectivity index (χ1v) is 6.39. The molecular weight excluding hydrogens is 222 g/mol. The predicted octanol–water partition coefficient (Wildman–Crippen LogP) is 2.65. The van der Waals surface area contributed by atoms with Crippen molar-refractivity contribution in [1.82, 2.24) is 4.90 Å². The van der Waals surface area contributed by atoms with Crippen LogP contribution in [0.3, 0.4) is 0 Å². The second-order valence-electron chi connectivity index (χ2n) is 5.18. The zero-order chi connectivity index (χ0) is 13.6. The lowest BCUT2D eigenvalue weighted by Gasteiger charge is -2.34. The SMILES string of the molecule is CCC(C)(C)N(C)Cc1ccc(C#CCO)cc1. The Kier molecular flexibility index (Phi) is 5.40. The first-order chi connectivity index (χ1) is 8.49. The molecule has 2 heteroatoms. The lowest BCUT2D eigenvalue weighted by Crippen LogP contribution is -2.39. The molecule has 0 bridgehead atoms. The molecule has 98 valence electrons. The molecular formula is C16H23NO. The quantitative estimate of drug-likeness (QED) is 0.824. The summed E-state index contributed by atoms with van der Waals surface area (Å²) in [6, 6.07) is 8.21. The Morgan fingerprint density at radius 1 is 1.22 bits per heavy atom. The molecule has 0 atom stereocenters. The van der Waals surface area contributed by atoms with Gasteiger partial charge in [0.15, 0.2) is 0 Å². The summed E-state index contributed by atoms with van der Waals surface area (Å²) in [5, 5.41) is 8.64. The molecule has 0 aliphatic rings. The summed E-state index contributed by atoms with van der Waals surface area (Å²) in [6.45, 7) is 7.58. The summed E-state index contributed by atoms with van der Waals surface area (Å²) in [5.41, 5.74) is 2.45. The average molecular weight is 245 g/mol. The fourth-order valence-electron chi connectivity index (χ4n) is 1.59. The third-order valence-corrected chi connectivity index (χ3v) is 3.58. The van der Waals surface area contributed by atoms with Crippen molar-refractivity contribution < 1.29 is 5.11 Å². The van der Waals surface area contributed by atoms with Crippen molar-refractivity contribution in [2.75, 3.05) is 13.7 Å². The van der Waals surface area contributed by atoms with Crippen molar-refractivity contribution in [2.45, 2.75) is 39.3 Å². The van der Waals surface area contributed by atoms with Crippen molar-refractivity contribution in [1.29, 1.82) is 0 Å². The van der Waals surface area contributed by atoms with Gasteiger partial charge >= 0.3 is 0 Å². The van der Waals surface area contributed by atoms with Crippen LogP contribution in [0.25, 0.3) is 0 Å². The lowest BCUT2D eigenvalue weighted by atomic mass is 9.99. The topological polar surface area (TPSA) is 23.5 Å². The van der Waals surface area contributed by atoms with Crippen LogP contribution in [0.2, 0.25) is 0 Å². The molecule has 0 spiro atoms. The third kappa shape index (κ3) is 4.18. The zero-order valence-electron chi connectivity index (χ0n) is 11.8. The molecule has 0 radical (unpaired) electrons. The second-order valence-corrected chi connectivity index (χ2v) is 5.18. The van der Waals surface area contributed by atoms with Gasteiger partial charge in [-0.1, -0.05) is 30.9 Å². The smallest absolute Gasteiger partial charge is 0.104 e. The van der Waals surface area contributed by atoms with Gasteiger partial charge in [-0.3, -0.25) is 4.90 Å². The summed E-state index contributed by atoms with van der Waals surface area (Å²) < 4.78 is 0. The van der Waals surface area contributed by atoms with Gasteiger partial charge in [-0.15, -0.1) is 0 Å². The van der Waals surface area contributed by atoms with E-state index in [1.165, 1.54) is 5.56 Å². The minimum atomic E-state index is -0.0881. The molecule has 0 heterocycles. The lowest BCUT2D eigenvalue weighted by molar-refractivity contribution is 0.143. The van der Waals surface area contributed by atoms with Gasteiger partial charge in [0.05, 0.1) is 0 Å². The zero-order valence-corrected chi connectivity index (χ0v) is 11.8. The predicted molar refractivity (Wildman–Crippen MR) is 76.2 cm³/mol. The monoisotopic (exact) mass is 245 g/mol. The second kappa shape index (κ2) is 6.58. The molecule has 1 aromatic rings. The molecule has 2 nitrogen and oxygen atoms in total. The summed E-state index contributed by atoms with van der Waals surface area (Å²) in [7, 11) is 2.16. The van der Waals surface area contributed by atoms with Gasteiger partial charge in [0.1, 0.15) is 6.61 Å². The largest absolute Gasteiger partial charge is 0.384 e. The summed E-state index contributed by atoms with van der Waals surface area (Å²) in [6.07, 6.45) is 1.13. The molecule has 0 amide bonds. The molecule has 0 fully saturated rings. The van der Waals surface area contributed by atoms with Crippen molar-refractivity contribution in [3.63, 3.8) is 0 Å². The van der Waals surface area contributed by atoms with Crippen molar-refractivity contribution in [3.05, 3.63) is 35.4 Å². The van der Waals surface area contributed by atoms with Crippen molar-refractivity contribution in [2.24, 2.45) is 0 Å². The maximum atomic E-state index is 8.64. The normalized spacial score (nSPS) is 11.2. The number of hydrogen-bond acceptors (Lipinski definition) is 2. The molecule has 1 rings (SSSR count). The Balaban J connectivity index is 2.69. The van der Waals surface area contributed by atoms with Gasteiger partial charge in [0.25, 0.3) is 0 Å². The van der Waals surface area contributed by atoms with E-state index in [0.717, 1.165) is 18.5 Å². The van der Waals surface area contributed by atoms with E-state index in [4.69, 9.17) is 5.11 Å². The van der Waals surface area contributed by atoms with Gasteiger partial charge in [-0.05, 0) is 45.0 Å². The summed E-state index contributed by atoms with van der Waals surface area (Å²) >= 11 is 0. The van der Waals surface area contributed by atoms with Crippen LogP contribution in [0.5, 0.6) is 0 Å². The van der Waals surface area contributed by atoms with Crippen molar-refractivity contribution >= 4 is 0 Å². The van der Waals surface area contributed by atoms with Gasteiger partial charge in [-0.2, -0.15) is 0 Å². The molecule has 18 heavy (non-hydrogen) atoms. The average Bonchev–Trinajstić information content (AvgIpc) is 2.37. The Hall–Kier alpha value is -1.30. The first kappa shape index (κ1) is 14.8. The third-order valence-electron chi connectivity index (χ3n) is 3.58. The number of nitrogens with zero attached hydrogens (tertiary/aromatic N) is 1. The van der Waals surface area contributed by atoms with Gasteiger partial charge in [0, 0.05) is 17.6 Å². The molecule has 0 saturated carbocycles. The standard InChI is InChI=1S/C16H23NO/c1-5-16(2,3)17(4)13-15-10-8-14(9-11-15)7-6-12-18/h8-11,18H,5,12-13H2,1-4H3. The molecule has 0 saturated heterocycles. The molecule has 0 unspecified atom stereocenters. The molecule has 0 aliphatic carbocycles. The van der Waals surface area contributed by atoms with Crippen LogP contribution >= 0.6 is 0 Å². The highest BCUT2D eigenvalue weighted by molar-refractivity contribution is 5.36. The molecule has 0 aliphatic heterocycles. The minimum absolute atomic E-state index is 0.0881. The van der Waals surface area contributed by atoms with Crippen LogP contribution in [-0.2, 0) is 6.54 Å². The van der Waals surface area contributed by atoms with Gasteiger partial charge in [-0.25, -0.2) is 0 Å². The summed E-state index contributed by atoms with van der Waals surface area (Å²) in [5.74, 6) is 5.56. The highest BCUT2D eigenvalue weighted by atomic mass is 16.2. The van der Waals surface area contributed by atoms with E-state index in [1.54, 1.807) is 0 Å². The highest BCUT2D eigenvalue weighted by Crippen LogP contribution is 2.19. The fourth-order valence-corrected chi connectivity index (χ4v) is 1.59. The van der Waals surface area contributed by atoms with Crippen LogP contribution in [0, 0.1) is 11.8 Å². The highest BCUT2D eigenvalue weighted by Gasteiger charge is 2.20. The van der Waals surface area contributed by atoms with E-state index in [9.17, 15) is 0 Å². The number of aliphatic hydroxyl groups is 1. The van der Waals surface area contributed by atoms with Crippen molar-refractivity contribution in [3.8, 4) is 11.8 Å². The maximum absolute atomic E-state index is 8.64.